The first kappa shape index (κ1) is 24.1. The lowest BCUT2D eigenvalue weighted by molar-refractivity contribution is -0.123. The summed E-state index contributed by atoms with van der Waals surface area (Å²) in [5, 5.41) is 8.36. The number of halogens is 1. The van der Waals surface area contributed by atoms with Crippen molar-refractivity contribution < 1.29 is 14.3 Å². The number of morpholine rings is 1. The van der Waals surface area contributed by atoms with Crippen LogP contribution in [0.3, 0.4) is 0 Å². The van der Waals surface area contributed by atoms with Crippen molar-refractivity contribution in [2.45, 2.75) is 18.5 Å². The number of ether oxygens (including phenoxy) is 1. The summed E-state index contributed by atoms with van der Waals surface area (Å²) in [4.78, 5) is 29.3. The summed E-state index contributed by atoms with van der Waals surface area (Å²) in [6, 6.07) is 10.5. The minimum Gasteiger partial charge on any atom is -0.379 e. The molecule has 0 saturated carbocycles. The molecule has 1 aliphatic rings. The molecule has 2 N–H and O–H groups in total. The maximum atomic E-state index is 13.0. The third-order valence-corrected chi connectivity index (χ3v) is 7.13. The normalized spacial score (nSPS) is 16.5. The molecule has 1 fully saturated rings. The van der Waals surface area contributed by atoms with E-state index in [-0.39, 0.29) is 17.9 Å². The first-order chi connectivity index (χ1) is 15.1. The molecule has 1 aromatic carbocycles. The van der Waals surface area contributed by atoms with Gasteiger partial charge in [-0.25, -0.2) is 0 Å². The maximum Gasteiger partial charge on any atom is 0.253 e. The minimum absolute atomic E-state index is 0.0910. The summed E-state index contributed by atoms with van der Waals surface area (Å²) in [6.07, 6.45) is 2.53. The standard InChI is InChI=1S/C22H28ClN3O3S2/c1-30-14-8-18(25-21(27)16-5-2-3-6-17(16)23)22(28)24-15-19(20-7-4-13-31-20)26-9-11-29-12-10-26/h2-7,13,18-19H,8-12,14-15H2,1H3,(H,24,28)(H,25,27)/t18-,19+/m1/s1. The Morgan fingerprint density at radius 3 is 2.68 bits per heavy atom. The van der Waals surface area contributed by atoms with Gasteiger partial charge >= 0.3 is 0 Å². The van der Waals surface area contributed by atoms with Gasteiger partial charge in [0.15, 0.2) is 0 Å². The van der Waals surface area contributed by atoms with Crippen molar-refractivity contribution in [3.8, 4) is 0 Å². The fourth-order valence-electron chi connectivity index (χ4n) is 3.49. The van der Waals surface area contributed by atoms with E-state index >= 15 is 0 Å². The number of rotatable bonds is 10. The molecule has 2 aromatic rings. The number of nitrogens with zero attached hydrogens (tertiary/aromatic N) is 1. The summed E-state index contributed by atoms with van der Waals surface area (Å²) < 4.78 is 5.48. The van der Waals surface area contributed by atoms with Crippen molar-refractivity contribution in [1.82, 2.24) is 15.5 Å². The molecule has 0 spiro atoms. The molecule has 1 aliphatic heterocycles. The first-order valence-electron chi connectivity index (χ1n) is 10.3. The molecule has 6 nitrogen and oxygen atoms in total. The van der Waals surface area contributed by atoms with Gasteiger partial charge in [0.2, 0.25) is 5.91 Å². The van der Waals surface area contributed by atoms with Gasteiger partial charge in [-0.15, -0.1) is 11.3 Å². The smallest absolute Gasteiger partial charge is 0.253 e. The van der Waals surface area contributed by atoms with Crippen LogP contribution < -0.4 is 10.6 Å². The molecule has 0 radical (unpaired) electrons. The molecule has 168 valence electrons. The fourth-order valence-corrected chi connectivity index (χ4v) is 5.04. The van der Waals surface area contributed by atoms with Crippen molar-refractivity contribution in [2.24, 2.45) is 0 Å². The Kier molecular flexibility index (Phi) is 9.67. The molecule has 0 aliphatic carbocycles. The minimum atomic E-state index is -0.620. The molecule has 2 atom stereocenters. The molecule has 9 heteroatoms. The van der Waals surface area contributed by atoms with Crippen LogP contribution in [0.1, 0.15) is 27.7 Å². The summed E-state index contributed by atoms with van der Waals surface area (Å²) in [6.45, 7) is 3.53. The van der Waals surface area contributed by atoms with Crippen molar-refractivity contribution in [1.29, 1.82) is 0 Å². The zero-order valence-corrected chi connectivity index (χ0v) is 19.9. The fraction of sp³-hybridized carbons (Fsp3) is 0.455. The summed E-state index contributed by atoms with van der Waals surface area (Å²) in [5.74, 6) is 0.248. The first-order valence-corrected chi connectivity index (χ1v) is 12.9. The van der Waals surface area contributed by atoms with Crippen molar-refractivity contribution in [2.75, 3.05) is 44.9 Å². The maximum absolute atomic E-state index is 13.0. The van der Waals surface area contributed by atoms with Gasteiger partial charge in [-0.1, -0.05) is 29.8 Å². The predicted octanol–water partition coefficient (Wildman–Crippen LogP) is 3.44. The van der Waals surface area contributed by atoms with Crippen LogP contribution in [0.15, 0.2) is 41.8 Å². The Labute approximate surface area is 196 Å². The van der Waals surface area contributed by atoms with Crippen LogP contribution in [0, 0.1) is 0 Å². The van der Waals surface area contributed by atoms with Crippen LogP contribution in [0.25, 0.3) is 0 Å². The van der Waals surface area contributed by atoms with Gasteiger partial charge in [-0.3, -0.25) is 14.5 Å². The number of benzene rings is 1. The Balaban J connectivity index is 1.66. The van der Waals surface area contributed by atoms with E-state index in [1.807, 2.05) is 12.3 Å². The Morgan fingerprint density at radius 2 is 2.00 bits per heavy atom. The zero-order chi connectivity index (χ0) is 22.1. The number of nitrogens with one attached hydrogen (secondary N) is 2. The molecule has 2 heterocycles. The number of hydrogen-bond acceptors (Lipinski definition) is 6. The van der Waals surface area contributed by atoms with E-state index in [1.54, 1.807) is 47.4 Å². The quantitative estimate of drug-likeness (QED) is 0.544. The zero-order valence-electron chi connectivity index (χ0n) is 17.5. The lowest BCUT2D eigenvalue weighted by Gasteiger charge is -2.34. The van der Waals surface area contributed by atoms with E-state index in [4.69, 9.17) is 16.3 Å². The highest BCUT2D eigenvalue weighted by molar-refractivity contribution is 7.98. The lowest BCUT2D eigenvalue weighted by atomic mass is 10.1. The van der Waals surface area contributed by atoms with Gasteiger partial charge in [-0.2, -0.15) is 11.8 Å². The second-order valence-corrected chi connectivity index (χ2v) is 9.58. The average Bonchev–Trinajstić information content (AvgIpc) is 3.32. The van der Waals surface area contributed by atoms with Gasteiger partial charge < -0.3 is 15.4 Å². The van der Waals surface area contributed by atoms with Crippen LogP contribution in [-0.2, 0) is 9.53 Å². The molecular formula is C22H28ClN3O3S2. The van der Waals surface area contributed by atoms with Gasteiger partial charge in [0.1, 0.15) is 6.04 Å². The number of hydrogen-bond donors (Lipinski definition) is 2. The van der Waals surface area contributed by atoms with Gasteiger partial charge in [0.05, 0.1) is 29.8 Å². The van der Waals surface area contributed by atoms with Crippen LogP contribution >= 0.6 is 34.7 Å². The van der Waals surface area contributed by atoms with Gasteiger partial charge in [-0.05, 0) is 42.0 Å². The van der Waals surface area contributed by atoms with Crippen LogP contribution in [0.5, 0.6) is 0 Å². The van der Waals surface area contributed by atoms with Crippen molar-refractivity contribution in [3.63, 3.8) is 0 Å². The van der Waals surface area contributed by atoms with E-state index in [1.165, 1.54) is 4.88 Å². The van der Waals surface area contributed by atoms with E-state index in [9.17, 15) is 9.59 Å². The highest BCUT2D eigenvalue weighted by Crippen LogP contribution is 2.25. The molecule has 1 aromatic heterocycles. The summed E-state index contributed by atoms with van der Waals surface area (Å²) in [5.41, 5.74) is 0.371. The lowest BCUT2D eigenvalue weighted by Crippen LogP contribution is -2.50. The highest BCUT2D eigenvalue weighted by atomic mass is 35.5. The van der Waals surface area contributed by atoms with Gasteiger partial charge in [0.25, 0.3) is 5.91 Å². The number of carbonyl (C=O) groups excluding carboxylic acids is 2. The van der Waals surface area contributed by atoms with Crippen molar-refractivity contribution >= 4 is 46.5 Å². The van der Waals surface area contributed by atoms with E-state index < -0.39 is 6.04 Å². The third-order valence-electron chi connectivity index (χ3n) is 5.18. The molecule has 2 amide bonds. The number of amides is 2. The highest BCUT2D eigenvalue weighted by Gasteiger charge is 2.27. The summed E-state index contributed by atoms with van der Waals surface area (Å²) in [7, 11) is 0. The second-order valence-electron chi connectivity index (χ2n) is 7.21. The van der Waals surface area contributed by atoms with E-state index in [2.05, 4.69) is 27.0 Å². The molecule has 3 rings (SSSR count). The van der Waals surface area contributed by atoms with E-state index in [0.29, 0.717) is 36.8 Å². The van der Waals surface area contributed by atoms with Crippen LogP contribution in [-0.4, -0.2) is 67.6 Å². The van der Waals surface area contributed by atoms with E-state index in [0.717, 1.165) is 18.8 Å². The summed E-state index contributed by atoms with van der Waals surface area (Å²) >= 11 is 9.48. The average molecular weight is 482 g/mol. The molecular weight excluding hydrogens is 454 g/mol. The molecule has 31 heavy (non-hydrogen) atoms. The SMILES string of the molecule is CSCC[C@@H](NC(=O)c1ccccc1Cl)C(=O)NC[C@@H](c1cccs1)N1CCOCC1. The molecule has 0 bridgehead atoms. The van der Waals surface area contributed by atoms with Gasteiger partial charge in [0, 0.05) is 24.5 Å². The topological polar surface area (TPSA) is 70.7 Å². The second kappa shape index (κ2) is 12.5. The predicted molar refractivity (Wildman–Crippen MR) is 128 cm³/mol. The molecule has 0 unspecified atom stereocenters. The number of carbonyl (C=O) groups is 2. The Bertz CT molecular complexity index is 844. The Hall–Kier alpha value is -1.58. The van der Waals surface area contributed by atoms with Crippen LogP contribution in [0.4, 0.5) is 0 Å². The molecule has 1 saturated heterocycles. The number of thioether (sulfide) groups is 1. The third kappa shape index (κ3) is 6.95. The Morgan fingerprint density at radius 1 is 1.23 bits per heavy atom. The van der Waals surface area contributed by atoms with Crippen molar-refractivity contribution in [3.05, 3.63) is 57.2 Å². The van der Waals surface area contributed by atoms with Crippen LogP contribution in [0.2, 0.25) is 5.02 Å². The monoisotopic (exact) mass is 481 g/mol. The number of thiophene rings is 1. The largest absolute Gasteiger partial charge is 0.379 e.